The van der Waals surface area contributed by atoms with Gasteiger partial charge in [0.15, 0.2) is 0 Å². The van der Waals surface area contributed by atoms with E-state index < -0.39 is 10.0 Å². The normalized spacial score (nSPS) is 11.6. The van der Waals surface area contributed by atoms with Gasteiger partial charge in [-0.05, 0) is 49.4 Å². The van der Waals surface area contributed by atoms with Crippen molar-refractivity contribution < 1.29 is 12.8 Å². The lowest BCUT2D eigenvalue weighted by Gasteiger charge is -2.07. The van der Waals surface area contributed by atoms with Gasteiger partial charge >= 0.3 is 0 Å². The molecule has 0 fully saturated rings. The second-order valence-corrected chi connectivity index (χ2v) is 7.15. The van der Waals surface area contributed by atoms with Crippen LogP contribution in [0.3, 0.4) is 0 Å². The maximum Gasteiger partial charge on any atom is 0.295 e. The van der Waals surface area contributed by atoms with Gasteiger partial charge in [0, 0.05) is 4.47 Å². The summed E-state index contributed by atoms with van der Waals surface area (Å²) in [5.41, 5.74) is 1.45. The van der Waals surface area contributed by atoms with Crippen LogP contribution in [0.4, 0.5) is 5.69 Å². The molecule has 0 amide bonds. The van der Waals surface area contributed by atoms with Crippen LogP contribution in [0.25, 0.3) is 0 Å². The SMILES string of the molecule is CCNCc1ccc(S(=O)(=O)Nc2cc(C)cc(Br)c2)o1. The number of sulfonamides is 1. The van der Waals surface area contributed by atoms with Crippen molar-refractivity contribution in [2.75, 3.05) is 11.3 Å². The second-order valence-electron chi connectivity index (χ2n) is 4.62. The van der Waals surface area contributed by atoms with Gasteiger partial charge in [-0.25, -0.2) is 0 Å². The minimum atomic E-state index is -3.72. The van der Waals surface area contributed by atoms with Crippen LogP contribution in [-0.2, 0) is 16.6 Å². The Morgan fingerprint density at radius 1 is 1.24 bits per heavy atom. The summed E-state index contributed by atoms with van der Waals surface area (Å²) in [6.45, 7) is 5.15. The van der Waals surface area contributed by atoms with Gasteiger partial charge in [-0.2, -0.15) is 8.42 Å². The van der Waals surface area contributed by atoms with Gasteiger partial charge in [-0.1, -0.05) is 22.9 Å². The number of hydrogen-bond donors (Lipinski definition) is 2. The van der Waals surface area contributed by atoms with Crippen LogP contribution < -0.4 is 10.0 Å². The highest BCUT2D eigenvalue weighted by molar-refractivity contribution is 9.10. The fraction of sp³-hybridized carbons (Fsp3) is 0.286. The Morgan fingerprint density at radius 2 is 2.00 bits per heavy atom. The summed E-state index contributed by atoms with van der Waals surface area (Å²) in [5.74, 6) is 0.586. The van der Waals surface area contributed by atoms with Crippen molar-refractivity contribution in [2.24, 2.45) is 0 Å². The molecule has 7 heteroatoms. The van der Waals surface area contributed by atoms with Gasteiger partial charge in [0.2, 0.25) is 5.09 Å². The predicted molar refractivity (Wildman–Crippen MR) is 85.8 cm³/mol. The quantitative estimate of drug-likeness (QED) is 0.816. The maximum absolute atomic E-state index is 12.3. The van der Waals surface area contributed by atoms with E-state index in [1.165, 1.54) is 6.07 Å². The first-order valence-corrected chi connectivity index (χ1v) is 8.78. The fourth-order valence-corrected chi connectivity index (χ4v) is 3.45. The highest BCUT2D eigenvalue weighted by atomic mass is 79.9. The van der Waals surface area contributed by atoms with Crippen LogP contribution in [0.15, 0.2) is 44.3 Å². The van der Waals surface area contributed by atoms with Gasteiger partial charge in [-0.3, -0.25) is 4.72 Å². The van der Waals surface area contributed by atoms with E-state index in [1.54, 1.807) is 18.2 Å². The summed E-state index contributed by atoms with van der Waals surface area (Å²) >= 11 is 3.34. The van der Waals surface area contributed by atoms with E-state index >= 15 is 0 Å². The van der Waals surface area contributed by atoms with Crippen molar-refractivity contribution in [1.29, 1.82) is 0 Å². The molecule has 0 aliphatic carbocycles. The number of hydrogen-bond acceptors (Lipinski definition) is 4. The summed E-state index contributed by atoms with van der Waals surface area (Å²) < 4.78 is 33.2. The summed E-state index contributed by atoms with van der Waals surface area (Å²) in [6.07, 6.45) is 0. The van der Waals surface area contributed by atoms with Gasteiger partial charge in [-0.15, -0.1) is 0 Å². The molecule has 0 spiro atoms. The fourth-order valence-electron chi connectivity index (χ4n) is 1.85. The van der Waals surface area contributed by atoms with Crippen molar-refractivity contribution in [1.82, 2.24) is 5.32 Å². The molecule has 5 nitrogen and oxygen atoms in total. The van der Waals surface area contributed by atoms with Gasteiger partial charge in [0.05, 0.1) is 12.2 Å². The standard InChI is InChI=1S/C14H17BrN2O3S/c1-3-16-9-13-4-5-14(20-13)21(18,19)17-12-7-10(2)6-11(15)8-12/h4-8,16-17H,3,9H2,1-2H3. The number of anilines is 1. The third kappa shape index (κ3) is 4.33. The summed E-state index contributed by atoms with van der Waals surface area (Å²) in [5, 5.41) is 2.99. The van der Waals surface area contributed by atoms with E-state index in [0.29, 0.717) is 18.0 Å². The highest BCUT2D eigenvalue weighted by Gasteiger charge is 2.19. The zero-order valence-electron chi connectivity index (χ0n) is 11.8. The Morgan fingerprint density at radius 3 is 2.67 bits per heavy atom. The molecule has 0 aliphatic rings. The third-order valence-corrected chi connectivity index (χ3v) is 4.46. The largest absolute Gasteiger partial charge is 0.446 e. The predicted octanol–water partition coefficient (Wildman–Crippen LogP) is 3.26. The van der Waals surface area contributed by atoms with Crippen LogP contribution in [-0.4, -0.2) is 15.0 Å². The first-order valence-electron chi connectivity index (χ1n) is 6.50. The highest BCUT2D eigenvalue weighted by Crippen LogP contribution is 2.23. The van der Waals surface area contributed by atoms with Crippen LogP contribution >= 0.6 is 15.9 Å². The van der Waals surface area contributed by atoms with Crippen molar-refractivity contribution in [3.05, 3.63) is 46.1 Å². The number of nitrogens with one attached hydrogen (secondary N) is 2. The van der Waals surface area contributed by atoms with Crippen LogP contribution in [0.5, 0.6) is 0 Å². The van der Waals surface area contributed by atoms with Crippen molar-refractivity contribution >= 4 is 31.6 Å². The zero-order valence-corrected chi connectivity index (χ0v) is 14.2. The average Bonchev–Trinajstić information content (AvgIpc) is 2.84. The molecule has 114 valence electrons. The van der Waals surface area contributed by atoms with Crippen molar-refractivity contribution in [3.8, 4) is 0 Å². The van der Waals surface area contributed by atoms with Crippen LogP contribution in [0.1, 0.15) is 18.2 Å². The minimum absolute atomic E-state index is 0.0898. The lowest BCUT2D eigenvalue weighted by atomic mass is 10.2. The molecular formula is C14H17BrN2O3S. The summed E-state index contributed by atoms with van der Waals surface area (Å²) in [6, 6.07) is 8.47. The third-order valence-electron chi connectivity index (χ3n) is 2.75. The zero-order chi connectivity index (χ0) is 15.5. The van der Waals surface area contributed by atoms with Gasteiger partial charge < -0.3 is 9.73 Å². The Bertz CT molecular complexity index is 705. The molecule has 0 bridgehead atoms. The minimum Gasteiger partial charge on any atom is -0.446 e. The first-order chi connectivity index (χ1) is 9.90. The lowest BCUT2D eigenvalue weighted by Crippen LogP contribution is -2.13. The van der Waals surface area contributed by atoms with Crippen LogP contribution in [0, 0.1) is 6.92 Å². The molecule has 2 aromatic rings. The van der Waals surface area contributed by atoms with E-state index in [4.69, 9.17) is 4.42 Å². The van der Waals surface area contributed by atoms with E-state index in [1.807, 2.05) is 19.9 Å². The average molecular weight is 373 g/mol. The van der Waals surface area contributed by atoms with E-state index in [-0.39, 0.29) is 5.09 Å². The Hall–Kier alpha value is -1.31. The Kier molecular flexibility index (Phi) is 5.08. The van der Waals surface area contributed by atoms with E-state index in [0.717, 1.165) is 16.6 Å². The number of aryl methyl sites for hydroxylation is 1. The van der Waals surface area contributed by atoms with Crippen LogP contribution in [0.2, 0.25) is 0 Å². The van der Waals surface area contributed by atoms with Crippen molar-refractivity contribution in [3.63, 3.8) is 0 Å². The maximum atomic E-state index is 12.3. The molecule has 1 aromatic carbocycles. The number of rotatable bonds is 6. The molecule has 2 N–H and O–H groups in total. The second kappa shape index (κ2) is 6.64. The molecule has 0 atom stereocenters. The van der Waals surface area contributed by atoms with E-state index in [2.05, 4.69) is 26.0 Å². The molecule has 0 saturated carbocycles. The molecular weight excluding hydrogens is 356 g/mol. The molecule has 0 saturated heterocycles. The molecule has 2 rings (SSSR count). The number of benzene rings is 1. The smallest absolute Gasteiger partial charge is 0.295 e. The number of furan rings is 1. The molecule has 0 unspecified atom stereocenters. The molecule has 21 heavy (non-hydrogen) atoms. The Labute approximate surface area is 132 Å². The van der Waals surface area contributed by atoms with Gasteiger partial charge in [0.25, 0.3) is 10.0 Å². The molecule has 0 radical (unpaired) electrons. The Balaban J connectivity index is 2.19. The molecule has 1 aromatic heterocycles. The molecule has 0 aliphatic heterocycles. The number of halogens is 1. The van der Waals surface area contributed by atoms with Crippen molar-refractivity contribution in [2.45, 2.75) is 25.5 Å². The van der Waals surface area contributed by atoms with Gasteiger partial charge in [0.1, 0.15) is 5.76 Å². The summed E-state index contributed by atoms with van der Waals surface area (Å²) in [4.78, 5) is 0. The topological polar surface area (TPSA) is 71.3 Å². The molecule has 1 heterocycles. The lowest BCUT2D eigenvalue weighted by molar-refractivity contribution is 0.405. The van der Waals surface area contributed by atoms with E-state index in [9.17, 15) is 8.42 Å². The summed E-state index contributed by atoms with van der Waals surface area (Å²) in [7, 11) is -3.72. The first kappa shape index (κ1) is 16.1. The monoisotopic (exact) mass is 372 g/mol.